The van der Waals surface area contributed by atoms with E-state index in [1.165, 1.54) is 0 Å². The molecule has 4 rings (SSSR count). The van der Waals surface area contributed by atoms with Gasteiger partial charge in [0.15, 0.2) is 5.65 Å². The fraction of sp³-hybridized carbons (Fsp3) is 0.619. The number of rotatable bonds is 6. The molecule has 2 aliphatic heterocycles. The second-order valence-electron chi connectivity index (χ2n) is 8.39. The Morgan fingerprint density at radius 2 is 2.14 bits per heavy atom. The maximum Gasteiger partial charge on any atom is 0.228 e. The molecule has 29 heavy (non-hydrogen) atoms. The number of pyridine rings is 1. The van der Waals surface area contributed by atoms with E-state index in [-0.39, 0.29) is 23.7 Å². The van der Waals surface area contributed by atoms with Crippen molar-refractivity contribution in [3.63, 3.8) is 0 Å². The van der Waals surface area contributed by atoms with Crippen LogP contribution in [0.3, 0.4) is 0 Å². The first-order valence-electron chi connectivity index (χ1n) is 10.5. The molecule has 0 saturated carbocycles. The molecular formula is C21H30N6O2. The number of hydrogen-bond donors (Lipinski definition) is 0. The molecule has 0 aromatic carbocycles. The first kappa shape index (κ1) is 19.8. The normalized spacial score (nSPS) is 22.4. The lowest BCUT2D eigenvalue weighted by atomic mass is 10.0. The van der Waals surface area contributed by atoms with Crippen molar-refractivity contribution >= 4 is 22.8 Å². The van der Waals surface area contributed by atoms with Crippen LogP contribution in [-0.4, -0.2) is 88.1 Å². The Morgan fingerprint density at radius 3 is 2.86 bits per heavy atom. The lowest BCUT2D eigenvalue weighted by Gasteiger charge is -2.20. The number of carbonyl (C=O) groups is 2. The maximum absolute atomic E-state index is 13.0. The fourth-order valence-corrected chi connectivity index (χ4v) is 4.47. The second kappa shape index (κ2) is 8.10. The van der Waals surface area contributed by atoms with Gasteiger partial charge in [-0.2, -0.15) is 5.10 Å². The van der Waals surface area contributed by atoms with Gasteiger partial charge in [0.2, 0.25) is 11.8 Å². The fourth-order valence-electron chi connectivity index (χ4n) is 4.47. The topological polar surface area (TPSA) is 74.6 Å². The Morgan fingerprint density at radius 1 is 1.31 bits per heavy atom. The Bertz CT molecular complexity index is 908. The number of aromatic nitrogens is 3. The van der Waals surface area contributed by atoms with Crippen LogP contribution in [0.25, 0.3) is 11.0 Å². The number of likely N-dealkylation sites (tertiary alicyclic amines) is 2. The molecule has 2 aromatic rings. The summed E-state index contributed by atoms with van der Waals surface area (Å²) in [6, 6.07) is 4.03. The van der Waals surface area contributed by atoms with Gasteiger partial charge in [-0.05, 0) is 39.6 Å². The van der Waals surface area contributed by atoms with Crippen LogP contribution >= 0.6 is 0 Å². The van der Waals surface area contributed by atoms with Gasteiger partial charge in [-0.15, -0.1) is 0 Å². The zero-order valence-corrected chi connectivity index (χ0v) is 17.5. The first-order chi connectivity index (χ1) is 14.0. The molecule has 0 spiro atoms. The first-order valence-corrected chi connectivity index (χ1v) is 10.5. The van der Waals surface area contributed by atoms with Gasteiger partial charge in [0.05, 0.1) is 18.2 Å². The lowest BCUT2D eigenvalue weighted by molar-refractivity contribution is -0.134. The van der Waals surface area contributed by atoms with Crippen LogP contribution in [0.5, 0.6) is 0 Å². The van der Waals surface area contributed by atoms with E-state index in [4.69, 9.17) is 5.10 Å². The molecular weight excluding hydrogens is 368 g/mol. The van der Waals surface area contributed by atoms with Gasteiger partial charge < -0.3 is 14.7 Å². The Hall–Kier alpha value is -2.48. The monoisotopic (exact) mass is 398 g/mol. The van der Waals surface area contributed by atoms with E-state index in [1.807, 2.05) is 36.7 Å². The van der Waals surface area contributed by atoms with Gasteiger partial charge in [0.25, 0.3) is 0 Å². The van der Waals surface area contributed by atoms with Crippen molar-refractivity contribution in [3.8, 4) is 0 Å². The summed E-state index contributed by atoms with van der Waals surface area (Å²) in [6.07, 6.45) is 3.06. The van der Waals surface area contributed by atoms with E-state index in [9.17, 15) is 9.59 Å². The number of nitrogens with zero attached hydrogens (tertiary/aromatic N) is 6. The predicted octanol–water partition coefficient (Wildman–Crippen LogP) is 1.18. The molecule has 2 amide bonds. The smallest absolute Gasteiger partial charge is 0.228 e. The molecule has 4 heterocycles. The second-order valence-corrected chi connectivity index (χ2v) is 8.39. The molecule has 0 aliphatic carbocycles. The lowest BCUT2D eigenvalue weighted by Crippen LogP contribution is -2.35. The van der Waals surface area contributed by atoms with E-state index < -0.39 is 0 Å². The summed E-state index contributed by atoms with van der Waals surface area (Å²) in [4.78, 5) is 35.4. The van der Waals surface area contributed by atoms with Gasteiger partial charge in [0.1, 0.15) is 0 Å². The van der Waals surface area contributed by atoms with Crippen molar-refractivity contribution in [2.24, 2.45) is 5.92 Å². The third kappa shape index (κ3) is 3.85. The van der Waals surface area contributed by atoms with Gasteiger partial charge in [0, 0.05) is 56.6 Å². The van der Waals surface area contributed by atoms with Crippen molar-refractivity contribution in [1.82, 2.24) is 29.5 Å². The summed E-state index contributed by atoms with van der Waals surface area (Å²) in [5, 5.41) is 5.98. The summed E-state index contributed by atoms with van der Waals surface area (Å²) in [5.74, 6) is 0.229. The third-order valence-corrected chi connectivity index (χ3v) is 6.13. The van der Waals surface area contributed by atoms with Crippen molar-refractivity contribution < 1.29 is 9.59 Å². The number of hydrogen-bond acceptors (Lipinski definition) is 5. The quantitative estimate of drug-likeness (QED) is 0.730. The molecule has 0 unspecified atom stereocenters. The highest BCUT2D eigenvalue weighted by atomic mass is 16.2. The van der Waals surface area contributed by atoms with Crippen LogP contribution in [-0.2, 0) is 16.1 Å². The molecule has 2 atom stereocenters. The number of amides is 2. The molecule has 8 nitrogen and oxygen atoms in total. The Kier molecular flexibility index (Phi) is 5.54. The number of likely N-dealkylation sites (N-methyl/N-ethyl adjacent to an activating group) is 1. The zero-order chi connectivity index (χ0) is 20.5. The van der Waals surface area contributed by atoms with E-state index in [1.54, 1.807) is 11.1 Å². The average molecular weight is 399 g/mol. The molecule has 8 heteroatoms. The highest BCUT2D eigenvalue weighted by molar-refractivity contribution is 5.89. The predicted molar refractivity (Wildman–Crippen MR) is 110 cm³/mol. The SMILES string of the molecule is CCN1C[C@H](C(=O)N2CC[C@@H](c3nn(CCN(C)C)c4ncccc34)C2)CC1=O. The van der Waals surface area contributed by atoms with Crippen LogP contribution < -0.4 is 0 Å². The van der Waals surface area contributed by atoms with E-state index in [0.29, 0.717) is 26.1 Å². The minimum absolute atomic E-state index is 0.0956. The van der Waals surface area contributed by atoms with E-state index >= 15 is 0 Å². The zero-order valence-electron chi connectivity index (χ0n) is 17.5. The minimum atomic E-state index is -0.197. The Balaban J connectivity index is 1.50. The number of carbonyl (C=O) groups excluding carboxylic acids is 2. The summed E-state index contributed by atoms with van der Waals surface area (Å²) in [6.45, 7) is 6.27. The minimum Gasteiger partial charge on any atom is -0.342 e. The molecule has 0 bridgehead atoms. The van der Waals surface area contributed by atoms with Crippen molar-refractivity contribution in [2.45, 2.75) is 32.2 Å². The Labute approximate surface area is 171 Å². The highest BCUT2D eigenvalue weighted by Crippen LogP contribution is 2.33. The molecule has 0 radical (unpaired) electrons. The summed E-state index contributed by atoms with van der Waals surface area (Å²) in [7, 11) is 4.10. The molecule has 156 valence electrons. The molecule has 2 saturated heterocycles. The van der Waals surface area contributed by atoms with E-state index in [2.05, 4.69) is 16.0 Å². The molecule has 2 aromatic heterocycles. The molecule has 2 aliphatic rings. The van der Waals surface area contributed by atoms with E-state index in [0.717, 1.165) is 42.8 Å². The standard InChI is InChI=1S/C21H30N6O2/c1-4-25-14-16(12-18(25)28)21(29)26-9-7-15(13-26)19-17-6-5-8-22-20(17)27(23-19)11-10-24(2)3/h5-6,8,15-16H,4,7,9-14H2,1-3H3/t15-,16-/m1/s1. The van der Waals surface area contributed by atoms with Gasteiger partial charge in [-0.3, -0.25) is 9.59 Å². The summed E-state index contributed by atoms with van der Waals surface area (Å²) >= 11 is 0. The van der Waals surface area contributed by atoms with Crippen molar-refractivity contribution in [1.29, 1.82) is 0 Å². The largest absolute Gasteiger partial charge is 0.342 e. The van der Waals surface area contributed by atoms with Crippen LogP contribution in [0.15, 0.2) is 18.3 Å². The van der Waals surface area contributed by atoms with Crippen LogP contribution in [0.1, 0.15) is 31.4 Å². The van der Waals surface area contributed by atoms with Gasteiger partial charge in [-0.1, -0.05) is 0 Å². The number of fused-ring (bicyclic) bond motifs is 1. The van der Waals surface area contributed by atoms with Crippen molar-refractivity contribution in [2.75, 3.05) is 46.8 Å². The average Bonchev–Trinajstić information content (AvgIpc) is 3.42. The highest BCUT2D eigenvalue weighted by Gasteiger charge is 2.39. The van der Waals surface area contributed by atoms with Crippen molar-refractivity contribution in [3.05, 3.63) is 24.0 Å². The summed E-state index contributed by atoms with van der Waals surface area (Å²) < 4.78 is 1.99. The maximum atomic E-state index is 13.0. The van der Waals surface area contributed by atoms with Crippen LogP contribution in [0.4, 0.5) is 0 Å². The van der Waals surface area contributed by atoms with Crippen LogP contribution in [0, 0.1) is 5.92 Å². The third-order valence-electron chi connectivity index (χ3n) is 6.13. The van der Waals surface area contributed by atoms with Gasteiger partial charge >= 0.3 is 0 Å². The molecule has 2 fully saturated rings. The summed E-state index contributed by atoms with van der Waals surface area (Å²) in [5.41, 5.74) is 1.95. The molecule has 0 N–H and O–H groups in total. The van der Waals surface area contributed by atoms with Gasteiger partial charge in [-0.25, -0.2) is 9.67 Å². The van der Waals surface area contributed by atoms with Crippen LogP contribution in [0.2, 0.25) is 0 Å².